The lowest BCUT2D eigenvalue weighted by Gasteiger charge is -2.12. The van der Waals surface area contributed by atoms with Gasteiger partial charge in [0.2, 0.25) is 0 Å². The third-order valence-corrected chi connectivity index (χ3v) is 3.97. The monoisotopic (exact) mass is 292 g/mol. The summed E-state index contributed by atoms with van der Waals surface area (Å²) in [5.41, 5.74) is 1.14. The second kappa shape index (κ2) is 6.00. The number of hydrogen-bond donors (Lipinski definition) is 0. The van der Waals surface area contributed by atoms with E-state index in [0.29, 0.717) is 16.2 Å². The van der Waals surface area contributed by atoms with Crippen LogP contribution in [0.5, 0.6) is 0 Å². The van der Waals surface area contributed by atoms with E-state index < -0.39 is 4.92 Å². The lowest BCUT2D eigenvalue weighted by molar-refractivity contribution is -0.385. The molecule has 0 saturated heterocycles. The van der Waals surface area contributed by atoms with Crippen LogP contribution in [0.2, 0.25) is 0 Å². The number of aromatic nitrogens is 1. The molecule has 6 heteroatoms. The fourth-order valence-electron chi connectivity index (χ4n) is 1.83. The fourth-order valence-corrected chi connectivity index (χ4v) is 2.87. The Balaban J connectivity index is 2.20. The van der Waals surface area contributed by atoms with Crippen molar-refractivity contribution in [2.24, 2.45) is 0 Å². The van der Waals surface area contributed by atoms with E-state index in [1.807, 2.05) is 6.92 Å². The highest BCUT2D eigenvalue weighted by molar-refractivity contribution is 7.99. The van der Waals surface area contributed by atoms with Crippen LogP contribution in [0.3, 0.4) is 0 Å². The number of halogens is 1. The molecule has 0 N–H and O–H groups in total. The quantitative estimate of drug-likeness (QED) is 0.479. The number of rotatable bonds is 4. The second-order valence-corrected chi connectivity index (χ2v) is 5.71. The fraction of sp³-hybridized carbons (Fsp3) is 0.214. The van der Waals surface area contributed by atoms with Crippen LogP contribution in [0.1, 0.15) is 23.3 Å². The molecule has 2 rings (SSSR count). The Labute approximate surface area is 120 Å². The molecule has 0 aliphatic carbocycles. The lowest BCUT2D eigenvalue weighted by atomic mass is 10.1. The largest absolute Gasteiger partial charge is 0.290 e. The van der Waals surface area contributed by atoms with Crippen LogP contribution in [-0.2, 0) is 0 Å². The summed E-state index contributed by atoms with van der Waals surface area (Å²) in [4.78, 5) is 14.3. The third-order valence-electron chi connectivity index (χ3n) is 2.90. The van der Waals surface area contributed by atoms with Gasteiger partial charge in [0.05, 0.1) is 9.95 Å². The minimum Gasteiger partial charge on any atom is -0.258 e. The number of pyridine rings is 1. The second-order valence-electron chi connectivity index (χ2n) is 4.35. The first-order chi connectivity index (χ1) is 9.49. The molecular weight excluding hydrogens is 279 g/mol. The van der Waals surface area contributed by atoms with E-state index in [0.717, 1.165) is 0 Å². The molecule has 1 heterocycles. The Morgan fingerprint density at radius 1 is 1.40 bits per heavy atom. The molecule has 0 radical (unpaired) electrons. The lowest BCUT2D eigenvalue weighted by Crippen LogP contribution is -1.96. The molecule has 2 aromatic rings. The van der Waals surface area contributed by atoms with E-state index >= 15 is 0 Å². The first-order valence-corrected chi connectivity index (χ1v) is 6.89. The van der Waals surface area contributed by atoms with Crippen molar-refractivity contribution >= 4 is 17.4 Å². The average molecular weight is 292 g/mol. The molecule has 0 bridgehead atoms. The number of nitro groups is 1. The highest BCUT2D eigenvalue weighted by Crippen LogP contribution is 2.35. The molecule has 1 aromatic carbocycles. The van der Waals surface area contributed by atoms with E-state index in [9.17, 15) is 14.5 Å². The summed E-state index contributed by atoms with van der Waals surface area (Å²) in [5.74, 6) is -0.258. The first kappa shape index (κ1) is 14.5. The van der Waals surface area contributed by atoms with E-state index in [1.165, 1.54) is 24.0 Å². The Bertz CT molecular complexity index is 649. The number of thioether (sulfide) groups is 1. The Morgan fingerprint density at radius 2 is 2.10 bits per heavy atom. The zero-order chi connectivity index (χ0) is 14.7. The summed E-state index contributed by atoms with van der Waals surface area (Å²) in [6.45, 7) is 3.54. The highest BCUT2D eigenvalue weighted by atomic mass is 32.2. The van der Waals surface area contributed by atoms with Gasteiger partial charge in [0, 0.05) is 16.4 Å². The van der Waals surface area contributed by atoms with Gasteiger partial charge >= 0.3 is 0 Å². The molecular formula is C14H13FN2O2S. The molecule has 4 nitrogen and oxygen atoms in total. The van der Waals surface area contributed by atoms with Crippen molar-refractivity contribution in [3.05, 3.63) is 63.6 Å². The standard InChI is InChI=1S/C14H13FN2O2S/c1-9-7-14(16-8-13(9)17(18)19)20-10(2)11-5-3-4-6-12(11)15/h3-8,10H,1-2H3. The SMILES string of the molecule is Cc1cc(SC(C)c2ccccc2F)ncc1[N+](=O)[O-]. The smallest absolute Gasteiger partial charge is 0.258 e. The summed E-state index contributed by atoms with van der Waals surface area (Å²) in [7, 11) is 0. The minimum absolute atomic E-state index is 0.00658. The summed E-state index contributed by atoms with van der Waals surface area (Å²) >= 11 is 1.37. The van der Waals surface area contributed by atoms with Gasteiger partial charge in [-0.25, -0.2) is 9.37 Å². The van der Waals surface area contributed by atoms with Gasteiger partial charge in [0.1, 0.15) is 12.0 Å². The molecule has 1 atom stereocenters. The molecule has 1 unspecified atom stereocenters. The minimum atomic E-state index is -0.461. The third kappa shape index (κ3) is 3.14. The van der Waals surface area contributed by atoms with E-state index in [4.69, 9.17) is 0 Å². The molecule has 0 spiro atoms. The van der Waals surface area contributed by atoms with Crippen LogP contribution < -0.4 is 0 Å². The topological polar surface area (TPSA) is 56.0 Å². The molecule has 0 aliphatic heterocycles. The van der Waals surface area contributed by atoms with Gasteiger partial charge in [-0.1, -0.05) is 30.0 Å². The maximum absolute atomic E-state index is 13.7. The first-order valence-electron chi connectivity index (χ1n) is 6.01. The van der Waals surface area contributed by atoms with E-state index in [-0.39, 0.29) is 16.8 Å². The Kier molecular flexibility index (Phi) is 4.34. The van der Waals surface area contributed by atoms with Gasteiger partial charge in [0.15, 0.2) is 0 Å². The van der Waals surface area contributed by atoms with Crippen molar-refractivity contribution in [3.63, 3.8) is 0 Å². The summed E-state index contributed by atoms with van der Waals surface area (Å²) < 4.78 is 13.7. The van der Waals surface area contributed by atoms with Crippen molar-refractivity contribution in [1.29, 1.82) is 0 Å². The van der Waals surface area contributed by atoms with Crippen LogP contribution in [0, 0.1) is 22.9 Å². The van der Waals surface area contributed by atoms with Crippen molar-refractivity contribution in [2.75, 3.05) is 0 Å². The average Bonchev–Trinajstić information content (AvgIpc) is 2.38. The summed E-state index contributed by atoms with van der Waals surface area (Å²) in [6, 6.07) is 8.22. The number of benzene rings is 1. The number of hydrogen-bond acceptors (Lipinski definition) is 4. The van der Waals surface area contributed by atoms with Gasteiger partial charge in [0.25, 0.3) is 5.69 Å². The maximum Gasteiger partial charge on any atom is 0.290 e. The summed E-state index contributed by atoms with van der Waals surface area (Å²) in [5, 5.41) is 11.3. The highest BCUT2D eigenvalue weighted by Gasteiger charge is 2.15. The van der Waals surface area contributed by atoms with Crippen molar-refractivity contribution < 1.29 is 9.31 Å². The molecule has 104 valence electrons. The van der Waals surface area contributed by atoms with Gasteiger partial charge in [-0.3, -0.25) is 10.1 Å². The normalized spacial score (nSPS) is 12.2. The number of nitrogens with zero attached hydrogens (tertiary/aromatic N) is 2. The van der Waals surface area contributed by atoms with Crippen LogP contribution in [-0.4, -0.2) is 9.91 Å². The van der Waals surface area contributed by atoms with Gasteiger partial charge in [-0.2, -0.15) is 0 Å². The number of aryl methyl sites for hydroxylation is 1. The van der Waals surface area contributed by atoms with E-state index in [1.54, 1.807) is 31.2 Å². The maximum atomic E-state index is 13.7. The zero-order valence-corrected chi connectivity index (χ0v) is 11.9. The van der Waals surface area contributed by atoms with Crippen molar-refractivity contribution in [2.45, 2.75) is 24.1 Å². The van der Waals surface area contributed by atoms with Crippen LogP contribution in [0.4, 0.5) is 10.1 Å². The zero-order valence-electron chi connectivity index (χ0n) is 11.0. The Morgan fingerprint density at radius 3 is 2.70 bits per heavy atom. The van der Waals surface area contributed by atoms with Gasteiger partial charge < -0.3 is 0 Å². The molecule has 0 aliphatic rings. The van der Waals surface area contributed by atoms with Crippen molar-refractivity contribution in [1.82, 2.24) is 4.98 Å². The van der Waals surface area contributed by atoms with Crippen LogP contribution in [0.15, 0.2) is 41.6 Å². The predicted octanol–water partition coefficient (Wildman–Crippen LogP) is 4.29. The predicted molar refractivity (Wildman–Crippen MR) is 76.3 cm³/mol. The van der Waals surface area contributed by atoms with E-state index in [2.05, 4.69) is 4.98 Å². The molecule has 0 fully saturated rings. The summed E-state index contributed by atoms with van der Waals surface area (Å²) in [6.07, 6.45) is 1.24. The Hall–Kier alpha value is -1.95. The van der Waals surface area contributed by atoms with Gasteiger partial charge in [-0.05, 0) is 26.0 Å². The van der Waals surface area contributed by atoms with Gasteiger partial charge in [-0.15, -0.1) is 0 Å². The molecule has 0 amide bonds. The molecule has 1 aromatic heterocycles. The van der Waals surface area contributed by atoms with Crippen LogP contribution in [0.25, 0.3) is 0 Å². The van der Waals surface area contributed by atoms with Crippen LogP contribution >= 0.6 is 11.8 Å². The molecule has 0 saturated carbocycles. The van der Waals surface area contributed by atoms with Crippen molar-refractivity contribution in [3.8, 4) is 0 Å². The molecule has 20 heavy (non-hydrogen) atoms.